The number of nitro groups is 1. The highest BCUT2D eigenvalue weighted by atomic mass is 32.1. The summed E-state index contributed by atoms with van der Waals surface area (Å²) in [5, 5.41) is 22.4. The van der Waals surface area contributed by atoms with Crippen molar-refractivity contribution in [3.05, 3.63) is 46.3 Å². The van der Waals surface area contributed by atoms with Crippen molar-refractivity contribution in [1.29, 1.82) is 0 Å². The summed E-state index contributed by atoms with van der Waals surface area (Å²) in [6, 6.07) is 5.84. The highest BCUT2D eigenvalue weighted by Gasteiger charge is 2.21. The first-order valence-corrected chi connectivity index (χ1v) is 7.54. The summed E-state index contributed by atoms with van der Waals surface area (Å²) < 4.78 is 10.1. The minimum Gasteiger partial charge on any atom is -0.461 e. The summed E-state index contributed by atoms with van der Waals surface area (Å²) in [5.41, 5.74) is 1.06. The molecule has 24 heavy (non-hydrogen) atoms. The number of nitro benzene ring substituents is 1. The molecule has 0 unspecified atom stereocenters. The number of aromatic nitrogens is 5. The van der Waals surface area contributed by atoms with Gasteiger partial charge in [-0.2, -0.15) is 0 Å². The van der Waals surface area contributed by atoms with E-state index in [1.807, 2.05) is 0 Å². The molecule has 0 bridgehead atoms. The van der Waals surface area contributed by atoms with Gasteiger partial charge in [-0.15, -0.1) is 10.2 Å². The van der Waals surface area contributed by atoms with Gasteiger partial charge in [-0.05, 0) is 30.6 Å². The first-order chi connectivity index (χ1) is 11.6. The Labute approximate surface area is 139 Å². The number of carbonyl (C=O) groups excluding carboxylic acids is 1. The molecule has 0 fully saturated rings. The van der Waals surface area contributed by atoms with Crippen LogP contribution < -0.4 is 0 Å². The van der Waals surface area contributed by atoms with Crippen molar-refractivity contribution in [2.45, 2.75) is 6.92 Å². The van der Waals surface area contributed by atoms with Crippen molar-refractivity contribution < 1.29 is 14.5 Å². The highest BCUT2D eigenvalue weighted by molar-refractivity contribution is 7.09. The fourth-order valence-electron chi connectivity index (χ4n) is 1.91. The Balaban J connectivity index is 1.90. The van der Waals surface area contributed by atoms with Gasteiger partial charge in [0, 0.05) is 12.1 Å². The predicted molar refractivity (Wildman–Crippen MR) is 82.9 cm³/mol. The van der Waals surface area contributed by atoms with Gasteiger partial charge in [0.2, 0.25) is 0 Å². The summed E-state index contributed by atoms with van der Waals surface area (Å²) in [5.74, 6) is -0.578. The normalized spacial score (nSPS) is 10.5. The largest absolute Gasteiger partial charge is 0.461 e. The second-order valence-electron chi connectivity index (χ2n) is 4.49. The third-order valence-corrected chi connectivity index (χ3v) is 3.76. The van der Waals surface area contributed by atoms with Gasteiger partial charge in [0.25, 0.3) is 5.69 Å². The zero-order chi connectivity index (χ0) is 17.1. The lowest BCUT2D eigenvalue weighted by atomic mass is 10.3. The molecule has 3 rings (SSSR count). The van der Waals surface area contributed by atoms with Crippen molar-refractivity contribution in [3.63, 3.8) is 0 Å². The van der Waals surface area contributed by atoms with Crippen LogP contribution in [0.15, 0.2) is 30.5 Å². The van der Waals surface area contributed by atoms with Crippen LogP contribution in [0, 0.1) is 10.1 Å². The third-order valence-electron chi connectivity index (χ3n) is 3.01. The highest BCUT2D eigenvalue weighted by Crippen LogP contribution is 2.25. The second-order valence-corrected chi connectivity index (χ2v) is 5.25. The average molecular weight is 346 g/mol. The molecule has 0 radical (unpaired) electrons. The van der Waals surface area contributed by atoms with Gasteiger partial charge in [-0.3, -0.25) is 10.1 Å². The van der Waals surface area contributed by atoms with Crippen LogP contribution in [0.3, 0.4) is 0 Å². The van der Waals surface area contributed by atoms with E-state index in [4.69, 9.17) is 4.74 Å². The molecule has 0 aliphatic carbocycles. The van der Waals surface area contributed by atoms with E-state index in [9.17, 15) is 14.9 Å². The molecule has 0 aliphatic rings. The van der Waals surface area contributed by atoms with E-state index in [2.05, 4.69) is 19.9 Å². The molecule has 0 N–H and O–H groups in total. The van der Waals surface area contributed by atoms with Crippen LogP contribution in [0.5, 0.6) is 0 Å². The Morgan fingerprint density at radius 3 is 2.75 bits per heavy atom. The Hall–Kier alpha value is -3.21. The standard InChI is InChI=1S/C13H10N6O4S/c1-2-23-13(20)11-12(24-17-15-11)10-7-18(16-14-10)8-3-5-9(6-4-8)19(21)22/h3-7H,2H2,1H3. The van der Waals surface area contributed by atoms with Gasteiger partial charge < -0.3 is 4.74 Å². The number of rotatable bonds is 5. The number of non-ortho nitro benzene ring substituents is 1. The molecule has 2 heterocycles. The van der Waals surface area contributed by atoms with Crippen molar-refractivity contribution in [2.75, 3.05) is 6.61 Å². The Bertz CT molecular complexity index is 888. The van der Waals surface area contributed by atoms with Crippen LogP contribution in [0.4, 0.5) is 5.69 Å². The Morgan fingerprint density at radius 2 is 2.08 bits per heavy atom. The van der Waals surface area contributed by atoms with Crippen molar-refractivity contribution in [3.8, 4) is 16.3 Å². The van der Waals surface area contributed by atoms with E-state index in [-0.39, 0.29) is 18.0 Å². The lowest BCUT2D eigenvalue weighted by Gasteiger charge is -1.99. The molecule has 2 aromatic heterocycles. The topological polar surface area (TPSA) is 126 Å². The molecule has 0 saturated carbocycles. The summed E-state index contributed by atoms with van der Waals surface area (Å²) in [4.78, 5) is 22.5. The second kappa shape index (κ2) is 6.50. The summed E-state index contributed by atoms with van der Waals surface area (Å²) >= 11 is 1.00. The maximum Gasteiger partial charge on any atom is 0.360 e. The lowest BCUT2D eigenvalue weighted by Crippen LogP contribution is -2.06. The predicted octanol–water partition coefficient (Wildman–Crippen LogP) is 1.87. The summed E-state index contributed by atoms with van der Waals surface area (Å²) in [6.45, 7) is 1.92. The van der Waals surface area contributed by atoms with Gasteiger partial charge in [0.1, 0.15) is 10.6 Å². The average Bonchev–Trinajstić information content (AvgIpc) is 3.24. The minimum atomic E-state index is -0.578. The molecule has 11 heteroatoms. The van der Waals surface area contributed by atoms with E-state index in [0.29, 0.717) is 16.3 Å². The minimum absolute atomic E-state index is 0.0182. The number of esters is 1. The van der Waals surface area contributed by atoms with E-state index < -0.39 is 10.9 Å². The number of benzene rings is 1. The Kier molecular flexibility index (Phi) is 4.24. The molecular weight excluding hydrogens is 336 g/mol. The third kappa shape index (κ3) is 2.96. The van der Waals surface area contributed by atoms with E-state index in [0.717, 1.165) is 11.5 Å². The van der Waals surface area contributed by atoms with Gasteiger partial charge in [0.15, 0.2) is 5.69 Å². The number of hydrogen-bond acceptors (Lipinski definition) is 9. The molecule has 0 aliphatic heterocycles. The molecule has 0 atom stereocenters. The van der Waals surface area contributed by atoms with Crippen LogP contribution in [0.1, 0.15) is 17.4 Å². The maximum absolute atomic E-state index is 11.8. The smallest absolute Gasteiger partial charge is 0.360 e. The number of carbonyl (C=O) groups is 1. The fourth-order valence-corrected chi connectivity index (χ4v) is 2.51. The van der Waals surface area contributed by atoms with Gasteiger partial charge in [-0.25, -0.2) is 9.48 Å². The molecule has 0 amide bonds. The molecule has 0 saturated heterocycles. The Morgan fingerprint density at radius 1 is 1.33 bits per heavy atom. The van der Waals surface area contributed by atoms with E-state index >= 15 is 0 Å². The number of ether oxygens (including phenoxy) is 1. The maximum atomic E-state index is 11.8. The fraction of sp³-hybridized carbons (Fsp3) is 0.154. The van der Waals surface area contributed by atoms with Crippen LogP contribution in [0.2, 0.25) is 0 Å². The van der Waals surface area contributed by atoms with Crippen molar-refractivity contribution >= 4 is 23.2 Å². The van der Waals surface area contributed by atoms with Crippen molar-refractivity contribution in [1.82, 2.24) is 24.6 Å². The van der Waals surface area contributed by atoms with Crippen LogP contribution in [0.25, 0.3) is 16.3 Å². The quantitative estimate of drug-likeness (QED) is 0.389. The monoisotopic (exact) mass is 346 g/mol. The van der Waals surface area contributed by atoms with Gasteiger partial charge in [0.05, 0.1) is 23.4 Å². The van der Waals surface area contributed by atoms with Crippen LogP contribution >= 0.6 is 11.5 Å². The van der Waals surface area contributed by atoms with E-state index in [1.54, 1.807) is 25.3 Å². The van der Waals surface area contributed by atoms with Crippen LogP contribution in [-0.2, 0) is 4.74 Å². The molecule has 0 spiro atoms. The van der Waals surface area contributed by atoms with E-state index in [1.165, 1.54) is 16.8 Å². The summed E-state index contributed by atoms with van der Waals surface area (Å²) in [6.07, 6.45) is 1.58. The lowest BCUT2D eigenvalue weighted by molar-refractivity contribution is -0.384. The van der Waals surface area contributed by atoms with Crippen molar-refractivity contribution in [2.24, 2.45) is 0 Å². The molecule has 10 nitrogen and oxygen atoms in total. The zero-order valence-electron chi connectivity index (χ0n) is 12.3. The molecular formula is C13H10N6O4S. The summed E-state index contributed by atoms with van der Waals surface area (Å²) in [7, 11) is 0. The zero-order valence-corrected chi connectivity index (χ0v) is 13.1. The number of nitrogens with zero attached hydrogens (tertiary/aromatic N) is 6. The molecule has 122 valence electrons. The van der Waals surface area contributed by atoms with Gasteiger partial charge in [-0.1, -0.05) is 9.70 Å². The molecule has 3 aromatic rings. The molecule has 1 aromatic carbocycles. The number of hydrogen-bond donors (Lipinski definition) is 0. The first kappa shape index (κ1) is 15.7. The van der Waals surface area contributed by atoms with Crippen LogP contribution in [-0.4, -0.2) is 42.1 Å². The SMILES string of the molecule is CCOC(=O)c1nnsc1-c1cn(-c2ccc([N+](=O)[O-])cc2)nn1. The van der Waals surface area contributed by atoms with Gasteiger partial charge >= 0.3 is 5.97 Å². The first-order valence-electron chi connectivity index (χ1n) is 6.77.